The summed E-state index contributed by atoms with van der Waals surface area (Å²) in [6.45, 7) is 2.05. The Labute approximate surface area is 162 Å². The van der Waals surface area contributed by atoms with Crippen LogP contribution in [-0.2, 0) is 0 Å². The predicted molar refractivity (Wildman–Crippen MR) is 102 cm³/mol. The Morgan fingerprint density at radius 1 is 1.32 bits per heavy atom. The van der Waals surface area contributed by atoms with Crippen LogP contribution in [-0.4, -0.2) is 46.9 Å². The lowest BCUT2D eigenvalue weighted by molar-refractivity contribution is 0.0926. The van der Waals surface area contributed by atoms with E-state index in [0.717, 1.165) is 18.9 Å². The lowest BCUT2D eigenvalue weighted by Crippen LogP contribution is -2.35. The van der Waals surface area contributed by atoms with Gasteiger partial charge in [0, 0.05) is 12.6 Å². The van der Waals surface area contributed by atoms with Crippen LogP contribution in [0.1, 0.15) is 53.5 Å². The number of hydrogen-bond acceptors (Lipinski definition) is 5. The van der Waals surface area contributed by atoms with Crippen LogP contribution < -0.4 is 15.4 Å². The summed E-state index contributed by atoms with van der Waals surface area (Å²) in [5.74, 6) is -1.85. The largest absolute Gasteiger partial charge is 0.496 e. The quantitative estimate of drug-likeness (QED) is 0.496. The van der Waals surface area contributed by atoms with Crippen molar-refractivity contribution in [2.24, 2.45) is 0 Å². The summed E-state index contributed by atoms with van der Waals surface area (Å²) in [7, 11) is 1.34. The lowest BCUT2D eigenvalue weighted by Gasteiger charge is -2.17. The standard InChI is InChI=1S/C19H25FN4O4/c1-3-6-12(7-5-10-25)22-19(27)17-14(11-21-24-17)23-18(26)16-13(20)8-4-9-15(16)28-2/h4,8-9,11-12,25H,3,5-7,10H2,1-2H3,(H,21,24)(H,22,27)(H,23,26)/t12-/m0/s1. The van der Waals surface area contributed by atoms with E-state index in [1.54, 1.807) is 0 Å². The summed E-state index contributed by atoms with van der Waals surface area (Å²) in [4.78, 5) is 25.1. The smallest absolute Gasteiger partial charge is 0.271 e. The van der Waals surface area contributed by atoms with Crippen LogP contribution in [0.15, 0.2) is 24.4 Å². The number of amides is 2. The summed E-state index contributed by atoms with van der Waals surface area (Å²) >= 11 is 0. The average molecular weight is 392 g/mol. The number of carbonyl (C=O) groups excluding carboxylic acids is 2. The van der Waals surface area contributed by atoms with Gasteiger partial charge in [0.2, 0.25) is 0 Å². The van der Waals surface area contributed by atoms with Gasteiger partial charge in [-0.3, -0.25) is 14.7 Å². The fourth-order valence-electron chi connectivity index (χ4n) is 2.87. The van der Waals surface area contributed by atoms with Gasteiger partial charge >= 0.3 is 0 Å². The highest BCUT2D eigenvalue weighted by atomic mass is 19.1. The van der Waals surface area contributed by atoms with E-state index in [1.807, 2.05) is 6.92 Å². The zero-order chi connectivity index (χ0) is 20.5. The summed E-state index contributed by atoms with van der Waals surface area (Å²) in [5, 5.41) is 20.7. The van der Waals surface area contributed by atoms with Crippen molar-refractivity contribution in [1.82, 2.24) is 15.5 Å². The number of nitrogens with zero attached hydrogens (tertiary/aromatic N) is 1. The van der Waals surface area contributed by atoms with Crippen molar-refractivity contribution in [3.63, 3.8) is 0 Å². The van der Waals surface area contributed by atoms with Crippen LogP contribution in [0.25, 0.3) is 0 Å². The van der Waals surface area contributed by atoms with Gasteiger partial charge in [-0.25, -0.2) is 4.39 Å². The molecule has 2 rings (SSSR count). The second-order valence-electron chi connectivity index (χ2n) is 6.25. The molecular formula is C19H25FN4O4. The molecule has 1 aromatic carbocycles. The number of aliphatic hydroxyl groups is 1. The maximum Gasteiger partial charge on any atom is 0.271 e. The fourth-order valence-corrected chi connectivity index (χ4v) is 2.87. The van der Waals surface area contributed by atoms with Crippen molar-refractivity contribution in [3.8, 4) is 5.75 Å². The van der Waals surface area contributed by atoms with Gasteiger partial charge in [-0.05, 0) is 31.4 Å². The first-order valence-electron chi connectivity index (χ1n) is 9.10. The molecule has 0 aliphatic rings. The van der Waals surface area contributed by atoms with E-state index >= 15 is 0 Å². The molecule has 1 atom stereocenters. The molecule has 0 fully saturated rings. The Morgan fingerprint density at radius 3 is 2.79 bits per heavy atom. The van der Waals surface area contributed by atoms with Gasteiger partial charge in [0.15, 0.2) is 0 Å². The number of anilines is 1. The second-order valence-corrected chi connectivity index (χ2v) is 6.25. The normalized spacial score (nSPS) is 11.7. The van der Waals surface area contributed by atoms with Gasteiger partial charge in [-0.15, -0.1) is 0 Å². The van der Waals surface area contributed by atoms with Gasteiger partial charge in [0.1, 0.15) is 22.8 Å². The molecule has 0 radical (unpaired) electrons. The Balaban J connectivity index is 2.15. The zero-order valence-electron chi connectivity index (χ0n) is 15.9. The number of halogens is 1. The van der Waals surface area contributed by atoms with E-state index in [-0.39, 0.29) is 35.3 Å². The Hall–Kier alpha value is -2.94. The Morgan fingerprint density at radius 2 is 2.11 bits per heavy atom. The third-order valence-corrected chi connectivity index (χ3v) is 4.22. The predicted octanol–water partition coefficient (Wildman–Crippen LogP) is 2.48. The third-order valence-electron chi connectivity index (χ3n) is 4.22. The molecule has 2 amide bonds. The van der Waals surface area contributed by atoms with Crippen LogP contribution in [0.2, 0.25) is 0 Å². The number of aromatic amines is 1. The van der Waals surface area contributed by atoms with Crippen molar-refractivity contribution >= 4 is 17.5 Å². The molecular weight excluding hydrogens is 367 g/mol. The molecule has 0 aliphatic carbocycles. The SMILES string of the molecule is CCC[C@@H](CCCO)NC(=O)c1[nH]ncc1NC(=O)c1c(F)cccc1OC. The van der Waals surface area contributed by atoms with Crippen molar-refractivity contribution in [2.45, 2.75) is 38.6 Å². The highest BCUT2D eigenvalue weighted by Gasteiger charge is 2.22. The second kappa shape index (κ2) is 10.4. The van der Waals surface area contributed by atoms with Crippen molar-refractivity contribution < 1.29 is 23.8 Å². The summed E-state index contributed by atoms with van der Waals surface area (Å²) < 4.78 is 19.1. The van der Waals surface area contributed by atoms with E-state index in [1.165, 1.54) is 25.4 Å². The molecule has 2 aromatic rings. The number of nitrogens with one attached hydrogen (secondary N) is 3. The Kier molecular flexibility index (Phi) is 7.94. The molecule has 0 saturated carbocycles. The van der Waals surface area contributed by atoms with Gasteiger partial charge in [-0.2, -0.15) is 5.10 Å². The van der Waals surface area contributed by atoms with E-state index in [9.17, 15) is 14.0 Å². The molecule has 1 heterocycles. The molecule has 1 aromatic heterocycles. The van der Waals surface area contributed by atoms with Crippen LogP contribution in [0.4, 0.5) is 10.1 Å². The molecule has 28 heavy (non-hydrogen) atoms. The van der Waals surface area contributed by atoms with E-state index in [4.69, 9.17) is 9.84 Å². The minimum Gasteiger partial charge on any atom is -0.496 e. The van der Waals surface area contributed by atoms with Crippen molar-refractivity contribution in [1.29, 1.82) is 0 Å². The topological polar surface area (TPSA) is 116 Å². The lowest BCUT2D eigenvalue weighted by atomic mass is 10.1. The highest BCUT2D eigenvalue weighted by molar-refractivity contribution is 6.09. The van der Waals surface area contributed by atoms with Crippen LogP contribution in [0.5, 0.6) is 5.75 Å². The van der Waals surface area contributed by atoms with Crippen LogP contribution in [0, 0.1) is 5.82 Å². The molecule has 0 unspecified atom stereocenters. The molecule has 0 saturated heterocycles. The summed E-state index contributed by atoms with van der Waals surface area (Å²) in [5.41, 5.74) is -0.0664. The molecule has 9 heteroatoms. The molecule has 0 aliphatic heterocycles. The fraction of sp³-hybridized carbons (Fsp3) is 0.421. The van der Waals surface area contributed by atoms with E-state index in [0.29, 0.717) is 12.8 Å². The van der Waals surface area contributed by atoms with Crippen molar-refractivity contribution in [2.75, 3.05) is 19.0 Å². The van der Waals surface area contributed by atoms with Crippen LogP contribution >= 0.6 is 0 Å². The Bertz CT molecular complexity index is 809. The first-order chi connectivity index (χ1) is 13.5. The monoisotopic (exact) mass is 392 g/mol. The van der Waals surface area contributed by atoms with E-state index in [2.05, 4.69) is 20.8 Å². The number of hydrogen-bond donors (Lipinski definition) is 4. The molecule has 8 nitrogen and oxygen atoms in total. The number of ether oxygens (including phenoxy) is 1. The first kappa shape index (κ1) is 21.4. The average Bonchev–Trinajstić information content (AvgIpc) is 3.14. The number of aromatic nitrogens is 2. The van der Waals surface area contributed by atoms with Gasteiger partial charge in [0.05, 0.1) is 19.0 Å². The first-order valence-corrected chi connectivity index (χ1v) is 9.10. The maximum absolute atomic E-state index is 14.1. The van der Waals surface area contributed by atoms with Gasteiger partial charge in [0.25, 0.3) is 11.8 Å². The van der Waals surface area contributed by atoms with Crippen LogP contribution in [0.3, 0.4) is 0 Å². The maximum atomic E-state index is 14.1. The number of aliphatic hydroxyl groups excluding tert-OH is 1. The van der Waals surface area contributed by atoms with Crippen molar-refractivity contribution in [3.05, 3.63) is 41.5 Å². The molecule has 0 bridgehead atoms. The number of methoxy groups -OCH3 is 1. The zero-order valence-corrected chi connectivity index (χ0v) is 15.9. The van der Waals surface area contributed by atoms with Gasteiger partial charge < -0.3 is 20.5 Å². The minimum absolute atomic E-state index is 0.0475. The molecule has 152 valence electrons. The van der Waals surface area contributed by atoms with Gasteiger partial charge in [-0.1, -0.05) is 19.4 Å². The number of benzene rings is 1. The highest BCUT2D eigenvalue weighted by Crippen LogP contribution is 2.23. The number of rotatable bonds is 10. The molecule has 4 N–H and O–H groups in total. The minimum atomic E-state index is -0.754. The number of H-pyrrole nitrogens is 1. The number of carbonyl (C=O) groups is 2. The van der Waals surface area contributed by atoms with E-state index < -0.39 is 17.6 Å². The summed E-state index contributed by atoms with van der Waals surface area (Å²) in [6, 6.07) is 3.94. The summed E-state index contributed by atoms with van der Waals surface area (Å²) in [6.07, 6.45) is 4.12. The third kappa shape index (κ3) is 5.29. The molecule has 0 spiro atoms.